The van der Waals surface area contributed by atoms with Gasteiger partial charge in [0.2, 0.25) is 0 Å². The Kier molecular flexibility index (Phi) is 4.52. The molecule has 2 aromatic rings. The third-order valence-electron chi connectivity index (χ3n) is 4.17. The fourth-order valence-electron chi connectivity index (χ4n) is 2.85. The molecule has 5 nitrogen and oxygen atoms in total. The molecule has 122 valence electrons. The van der Waals surface area contributed by atoms with Gasteiger partial charge in [-0.15, -0.1) is 0 Å². The molecule has 1 aromatic heterocycles. The minimum Gasteiger partial charge on any atom is -0.367 e. The normalized spacial score (nSPS) is 15.7. The van der Waals surface area contributed by atoms with Crippen molar-refractivity contribution < 1.29 is 8.42 Å². The lowest BCUT2D eigenvalue weighted by Gasteiger charge is -2.37. The third-order valence-corrected chi connectivity index (χ3v) is 5.95. The van der Waals surface area contributed by atoms with Crippen LogP contribution in [0.1, 0.15) is 6.92 Å². The summed E-state index contributed by atoms with van der Waals surface area (Å²) in [6.45, 7) is 4.92. The van der Waals surface area contributed by atoms with Crippen molar-refractivity contribution in [2.75, 3.05) is 41.7 Å². The first-order chi connectivity index (χ1) is 11.1. The Morgan fingerprint density at radius 1 is 0.957 bits per heavy atom. The van der Waals surface area contributed by atoms with Gasteiger partial charge in [-0.1, -0.05) is 25.1 Å². The molecule has 1 saturated heterocycles. The van der Waals surface area contributed by atoms with Crippen LogP contribution >= 0.6 is 0 Å². The monoisotopic (exact) mass is 331 g/mol. The first kappa shape index (κ1) is 15.8. The number of piperazine rings is 1. The van der Waals surface area contributed by atoms with Crippen LogP contribution in [0.5, 0.6) is 0 Å². The second-order valence-corrected chi connectivity index (χ2v) is 7.78. The molecule has 0 radical (unpaired) electrons. The standard InChI is InChI=1S/C17H21N3O2S/c1-2-23(21,22)16-8-4-3-7-15(16)19-11-13-20(14-12-19)17-9-5-6-10-18-17/h3-10H,2,11-14H2,1H3. The van der Waals surface area contributed by atoms with Crippen LogP contribution in [0.25, 0.3) is 0 Å². The van der Waals surface area contributed by atoms with Crippen molar-refractivity contribution in [1.82, 2.24) is 4.98 Å². The van der Waals surface area contributed by atoms with Crippen LogP contribution in [-0.2, 0) is 9.84 Å². The molecule has 0 atom stereocenters. The molecule has 23 heavy (non-hydrogen) atoms. The fourth-order valence-corrected chi connectivity index (χ4v) is 3.97. The highest BCUT2D eigenvalue weighted by atomic mass is 32.2. The van der Waals surface area contributed by atoms with Crippen molar-refractivity contribution in [3.05, 3.63) is 48.7 Å². The number of aromatic nitrogens is 1. The van der Waals surface area contributed by atoms with Crippen molar-refractivity contribution in [2.45, 2.75) is 11.8 Å². The Morgan fingerprint density at radius 2 is 1.61 bits per heavy atom. The molecule has 3 rings (SSSR count). The molecular weight excluding hydrogens is 310 g/mol. The number of rotatable bonds is 4. The van der Waals surface area contributed by atoms with Gasteiger partial charge >= 0.3 is 0 Å². The van der Waals surface area contributed by atoms with Crippen LogP contribution < -0.4 is 9.80 Å². The van der Waals surface area contributed by atoms with E-state index in [1.807, 2.05) is 30.3 Å². The van der Waals surface area contributed by atoms with Crippen molar-refractivity contribution in [1.29, 1.82) is 0 Å². The zero-order valence-corrected chi connectivity index (χ0v) is 14.0. The van der Waals surface area contributed by atoms with E-state index in [0.29, 0.717) is 4.90 Å². The highest BCUT2D eigenvalue weighted by molar-refractivity contribution is 7.91. The maximum atomic E-state index is 12.3. The van der Waals surface area contributed by atoms with Crippen molar-refractivity contribution >= 4 is 21.3 Å². The summed E-state index contributed by atoms with van der Waals surface area (Å²) in [6, 6.07) is 13.2. The summed E-state index contributed by atoms with van der Waals surface area (Å²) in [5.41, 5.74) is 0.815. The molecule has 0 saturated carbocycles. The highest BCUT2D eigenvalue weighted by Crippen LogP contribution is 2.27. The molecule has 0 unspecified atom stereocenters. The van der Waals surface area contributed by atoms with E-state index in [0.717, 1.165) is 37.7 Å². The number of pyridine rings is 1. The summed E-state index contributed by atoms with van der Waals surface area (Å²) in [4.78, 5) is 9.20. The van der Waals surface area contributed by atoms with Gasteiger partial charge in [-0.05, 0) is 24.3 Å². The summed E-state index contributed by atoms with van der Waals surface area (Å²) in [5.74, 6) is 1.10. The van der Waals surface area contributed by atoms with Crippen LogP contribution in [0.15, 0.2) is 53.6 Å². The SMILES string of the molecule is CCS(=O)(=O)c1ccccc1N1CCN(c2ccccn2)CC1. The molecule has 0 amide bonds. The molecule has 2 heterocycles. The maximum absolute atomic E-state index is 12.3. The van der Waals surface area contributed by atoms with Gasteiger partial charge in [0.1, 0.15) is 5.82 Å². The van der Waals surface area contributed by atoms with Gasteiger partial charge in [0, 0.05) is 32.4 Å². The lowest BCUT2D eigenvalue weighted by Crippen LogP contribution is -2.47. The first-order valence-corrected chi connectivity index (χ1v) is 9.50. The molecular formula is C17H21N3O2S. The van der Waals surface area contributed by atoms with E-state index in [9.17, 15) is 8.42 Å². The molecule has 0 spiro atoms. The van der Waals surface area contributed by atoms with Gasteiger partial charge in [0.15, 0.2) is 9.84 Å². The lowest BCUT2D eigenvalue weighted by molar-refractivity contribution is 0.595. The van der Waals surface area contributed by atoms with E-state index in [1.54, 1.807) is 25.3 Å². The second-order valence-electron chi connectivity index (χ2n) is 5.53. The number of benzene rings is 1. The minimum atomic E-state index is -3.21. The number of nitrogens with zero attached hydrogens (tertiary/aromatic N) is 3. The van der Waals surface area contributed by atoms with Gasteiger partial charge < -0.3 is 9.80 Å². The van der Waals surface area contributed by atoms with Gasteiger partial charge in [0.05, 0.1) is 16.3 Å². The Bertz CT molecular complexity index is 754. The Hall–Kier alpha value is -2.08. The van der Waals surface area contributed by atoms with E-state index in [4.69, 9.17) is 0 Å². The van der Waals surface area contributed by atoms with Crippen LogP contribution in [0.3, 0.4) is 0 Å². The summed E-state index contributed by atoms with van der Waals surface area (Å²) < 4.78 is 24.6. The van der Waals surface area contributed by atoms with Crippen LogP contribution in [0.2, 0.25) is 0 Å². The smallest absolute Gasteiger partial charge is 0.180 e. The summed E-state index contributed by atoms with van der Waals surface area (Å²) >= 11 is 0. The number of anilines is 2. The average Bonchev–Trinajstić information content (AvgIpc) is 2.62. The molecule has 0 bridgehead atoms. The average molecular weight is 331 g/mol. The predicted octanol–water partition coefficient (Wildman–Crippen LogP) is 2.20. The van der Waals surface area contributed by atoms with E-state index in [1.165, 1.54) is 0 Å². The number of hydrogen-bond donors (Lipinski definition) is 0. The van der Waals surface area contributed by atoms with Gasteiger partial charge in [0.25, 0.3) is 0 Å². The van der Waals surface area contributed by atoms with Gasteiger partial charge in [-0.3, -0.25) is 0 Å². The van der Waals surface area contributed by atoms with E-state index in [2.05, 4.69) is 14.8 Å². The quantitative estimate of drug-likeness (QED) is 0.860. The topological polar surface area (TPSA) is 53.5 Å². The molecule has 1 aliphatic heterocycles. The third kappa shape index (κ3) is 3.32. The summed E-state index contributed by atoms with van der Waals surface area (Å²) in [6.07, 6.45) is 1.80. The Balaban J connectivity index is 1.79. The molecule has 0 N–H and O–H groups in total. The zero-order valence-electron chi connectivity index (χ0n) is 13.2. The number of sulfone groups is 1. The highest BCUT2D eigenvalue weighted by Gasteiger charge is 2.23. The molecule has 6 heteroatoms. The largest absolute Gasteiger partial charge is 0.367 e. The zero-order chi connectivity index (χ0) is 16.3. The van der Waals surface area contributed by atoms with Crippen LogP contribution in [0.4, 0.5) is 11.5 Å². The predicted molar refractivity (Wildman–Crippen MR) is 92.8 cm³/mol. The van der Waals surface area contributed by atoms with Gasteiger partial charge in [-0.2, -0.15) is 0 Å². The summed E-state index contributed by atoms with van der Waals surface area (Å²) in [7, 11) is -3.21. The van der Waals surface area contributed by atoms with E-state index in [-0.39, 0.29) is 5.75 Å². The van der Waals surface area contributed by atoms with Crippen LogP contribution in [-0.4, -0.2) is 45.3 Å². The second kappa shape index (κ2) is 6.58. The molecule has 1 aliphatic rings. The number of para-hydroxylation sites is 1. The van der Waals surface area contributed by atoms with Gasteiger partial charge in [-0.25, -0.2) is 13.4 Å². The molecule has 0 aliphatic carbocycles. The lowest BCUT2D eigenvalue weighted by atomic mass is 10.2. The first-order valence-electron chi connectivity index (χ1n) is 7.84. The van der Waals surface area contributed by atoms with E-state index >= 15 is 0 Å². The van der Waals surface area contributed by atoms with Crippen LogP contribution in [0, 0.1) is 0 Å². The molecule has 1 fully saturated rings. The van der Waals surface area contributed by atoms with E-state index < -0.39 is 9.84 Å². The van der Waals surface area contributed by atoms with Crippen molar-refractivity contribution in [3.8, 4) is 0 Å². The summed E-state index contributed by atoms with van der Waals surface area (Å²) in [5, 5.41) is 0. The van der Waals surface area contributed by atoms with Crippen molar-refractivity contribution in [3.63, 3.8) is 0 Å². The number of hydrogen-bond acceptors (Lipinski definition) is 5. The fraction of sp³-hybridized carbons (Fsp3) is 0.353. The maximum Gasteiger partial charge on any atom is 0.180 e. The Morgan fingerprint density at radius 3 is 2.26 bits per heavy atom. The molecule has 1 aromatic carbocycles. The Labute approximate surface area is 137 Å². The minimum absolute atomic E-state index is 0.123. The van der Waals surface area contributed by atoms with Crippen molar-refractivity contribution in [2.24, 2.45) is 0 Å².